The van der Waals surface area contributed by atoms with Gasteiger partial charge in [-0.2, -0.15) is 18.3 Å². The first-order chi connectivity index (χ1) is 16.4. The molecule has 2 aromatic heterocycles. The van der Waals surface area contributed by atoms with Crippen LogP contribution in [0.5, 0.6) is 5.75 Å². The van der Waals surface area contributed by atoms with Crippen molar-refractivity contribution < 1.29 is 27.5 Å². The number of benzene rings is 1. The lowest BCUT2D eigenvalue weighted by Gasteiger charge is -2.17. The fourth-order valence-electron chi connectivity index (χ4n) is 3.33. The van der Waals surface area contributed by atoms with Crippen LogP contribution in [-0.4, -0.2) is 32.7 Å². The zero-order chi connectivity index (χ0) is 25.9. The van der Waals surface area contributed by atoms with E-state index in [1.54, 1.807) is 26.8 Å². The van der Waals surface area contributed by atoms with E-state index in [-0.39, 0.29) is 17.3 Å². The minimum Gasteiger partial charge on any atom is -0.481 e. The molecule has 0 radical (unpaired) electrons. The van der Waals surface area contributed by atoms with E-state index in [9.17, 15) is 22.8 Å². The van der Waals surface area contributed by atoms with Gasteiger partial charge in [-0.15, -0.1) is 0 Å². The average molecular weight is 489 g/mol. The van der Waals surface area contributed by atoms with E-state index in [1.807, 2.05) is 26.0 Å². The van der Waals surface area contributed by atoms with Crippen molar-refractivity contribution in [2.24, 2.45) is 0 Å². The van der Waals surface area contributed by atoms with Gasteiger partial charge in [0, 0.05) is 6.20 Å². The molecule has 0 aliphatic carbocycles. The minimum absolute atomic E-state index is 0.125. The molecule has 0 spiro atoms. The second kappa shape index (κ2) is 10.2. The molecule has 0 aliphatic heterocycles. The summed E-state index contributed by atoms with van der Waals surface area (Å²) in [6.45, 7) is 8.96. The zero-order valence-electron chi connectivity index (χ0n) is 19.9. The van der Waals surface area contributed by atoms with Crippen molar-refractivity contribution in [3.63, 3.8) is 0 Å². The van der Waals surface area contributed by atoms with Crippen LogP contribution in [0.25, 0.3) is 5.82 Å². The molecule has 1 atom stereocenters. The number of rotatable bonds is 6. The van der Waals surface area contributed by atoms with Gasteiger partial charge < -0.3 is 4.74 Å². The molecule has 0 aliphatic rings. The van der Waals surface area contributed by atoms with E-state index < -0.39 is 29.7 Å². The van der Waals surface area contributed by atoms with Gasteiger partial charge >= 0.3 is 6.18 Å². The van der Waals surface area contributed by atoms with Crippen LogP contribution in [0.3, 0.4) is 0 Å². The highest BCUT2D eigenvalue weighted by Crippen LogP contribution is 2.29. The van der Waals surface area contributed by atoms with Crippen LogP contribution in [0.4, 0.5) is 13.2 Å². The van der Waals surface area contributed by atoms with Gasteiger partial charge in [-0.25, -0.2) is 9.67 Å². The Balaban J connectivity index is 1.72. The van der Waals surface area contributed by atoms with Gasteiger partial charge in [-0.3, -0.25) is 20.4 Å². The molecule has 8 nitrogen and oxygen atoms in total. The van der Waals surface area contributed by atoms with Crippen LogP contribution in [0, 0.1) is 13.8 Å². The van der Waals surface area contributed by atoms with Crippen LogP contribution < -0.4 is 15.6 Å². The maximum absolute atomic E-state index is 12.8. The lowest BCUT2D eigenvalue weighted by molar-refractivity contribution is -0.137. The number of carbonyl (C=O) groups is 2. The first-order valence-corrected chi connectivity index (χ1v) is 10.8. The molecule has 0 saturated carbocycles. The van der Waals surface area contributed by atoms with Gasteiger partial charge in [0.1, 0.15) is 5.75 Å². The topological polar surface area (TPSA) is 98.1 Å². The van der Waals surface area contributed by atoms with Crippen LogP contribution in [0.15, 0.2) is 42.7 Å². The van der Waals surface area contributed by atoms with E-state index in [0.29, 0.717) is 17.6 Å². The fraction of sp³-hybridized carbons (Fsp3) is 0.333. The predicted molar refractivity (Wildman–Crippen MR) is 122 cm³/mol. The molecular formula is C24H26F3N5O3. The second-order valence-corrected chi connectivity index (χ2v) is 8.31. The number of carbonyl (C=O) groups excluding carboxylic acids is 2. The zero-order valence-corrected chi connectivity index (χ0v) is 19.9. The third-order valence-electron chi connectivity index (χ3n) is 5.42. The van der Waals surface area contributed by atoms with Crippen molar-refractivity contribution in [1.29, 1.82) is 0 Å². The molecule has 0 fully saturated rings. The molecule has 0 saturated heterocycles. The highest BCUT2D eigenvalue weighted by molar-refractivity contribution is 5.96. The van der Waals surface area contributed by atoms with Crippen LogP contribution >= 0.6 is 0 Å². The maximum atomic E-state index is 12.8. The molecular weight excluding hydrogens is 463 g/mol. The molecule has 1 aromatic carbocycles. The van der Waals surface area contributed by atoms with Crippen molar-refractivity contribution in [3.05, 3.63) is 70.7 Å². The normalized spacial score (nSPS) is 12.4. The first kappa shape index (κ1) is 25.7. The van der Waals surface area contributed by atoms with E-state index in [1.165, 1.54) is 16.9 Å². The van der Waals surface area contributed by atoms with Crippen molar-refractivity contribution in [1.82, 2.24) is 25.6 Å². The second-order valence-electron chi connectivity index (χ2n) is 8.31. The Kier molecular flexibility index (Phi) is 7.47. The number of pyridine rings is 1. The number of halogens is 3. The number of nitrogens with zero attached hydrogens (tertiary/aromatic N) is 3. The number of ether oxygens (including phenoxy) is 1. The molecule has 2 heterocycles. The average Bonchev–Trinajstić information content (AvgIpc) is 3.25. The van der Waals surface area contributed by atoms with E-state index in [2.05, 4.69) is 20.9 Å². The Morgan fingerprint density at radius 3 is 2.34 bits per heavy atom. The van der Waals surface area contributed by atoms with Crippen molar-refractivity contribution in [3.8, 4) is 11.6 Å². The Morgan fingerprint density at radius 2 is 1.74 bits per heavy atom. The number of aryl methyl sites for hydroxylation is 1. The number of hydrazine groups is 1. The molecule has 2 amide bonds. The number of nitrogens with one attached hydrogen (secondary N) is 2. The molecule has 3 aromatic rings. The summed E-state index contributed by atoms with van der Waals surface area (Å²) in [5.74, 6) is -0.752. The summed E-state index contributed by atoms with van der Waals surface area (Å²) in [4.78, 5) is 29.1. The molecule has 0 unspecified atom stereocenters. The Labute approximate surface area is 200 Å². The van der Waals surface area contributed by atoms with Crippen LogP contribution in [0.1, 0.15) is 59.4 Å². The summed E-state index contributed by atoms with van der Waals surface area (Å²) >= 11 is 0. The Hall–Kier alpha value is -3.89. The number of alkyl halides is 3. The summed E-state index contributed by atoms with van der Waals surface area (Å²) in [7, 11) is 0. The van der Waals surface area contributed by atoms with Gasteiger partial charge in [0.2, 0.25) is 0 Å². The number of amides is 2. The summed E-state index contributed by atoms with van der Waals surface area (Å²) in [6, 6.07) is 7.58. The SMILES string of the molecule is Cc1cccc(O[C@@H](C)C(=O)NNC(=O)c2cnn(-c3ccc(C(F)(F)F)cn3)c2C(C)C)c1C. The number of aromatic nitrogens is 3. The van der Waals surface area contributed by atoms with Gasteiger partial charge in [-0.05, 0) is 56.0 Å². The molecule has 2 N–H and O–H groups in total. The van der Waals surface area contributed by atoms with Crippen molar-refractivity contribution in [2.45, 2.75) is 52.8 Å². The summed E-state index contributed by atoms with van der Waals surface area (Å²) in [5.41, 5.74) is 6.27. The highest BCUT2D eigenvalue weighted by atomic mass is 19.4. The van der Waals surface area contributed by atoms with E-state index in [0.717, 1.165) is 17.2 Å². The number of hydrogen-bond acceptors (Lipinski definition) is 5. The Bertz CT molecular complexity index is 1220. The Morgan fingerprint density at radius 1 is 1.03 bits per heavy atom. The van der Waals surface area contributed by atoms with Crippen molar-refractivity contribution in [2.75, 3.05) is 0 Å². The lowest BCUT2D eigenvalue weighted by atomic mass is 10.1. The minimum atomic E-state index is -4.52. The molecule has 35 heavy (non-hydrogen) atoms. The summed E-state index contributed by atoms with van der Waals surface area (Å²) in [6.07, 6.45) is -3.43. The first-order valence-electron chi connectivity index (χ1n) is 10.8. The molecule has 186 valence electrons. The standard InChI is InChI=1S/C24H26F3N5O3/c1-13(2)21-18(12-29-32(21)20-10-9-17(11-28-20)24(25,26)27)23(34)31-30-22(33)16(5)35-19-8-6-7-14(3)15(19)4/h6-13,16H,1-5H3,(H,30,33)(H,31,34)/t16-/m0/s1. The third kappa shape index (κ3) is 5.79. The third-order valence-corrected chi connectivity index (χ3v) is 5.42. The fourth-order valence-corrected chi connectivity index (χ4v) is 3.33. The number of hydrogen-bond donors (Lipinski definition) is 2. The van der Waals surface area contributed by atoms with Crippen LogP contribution in [-0.2, 0) is 11.0 Å². The van der Waals surface area contributed by atoms with Crippen LogP contribution in [0.2, 0.25) is 0 Å². The van der Waals surface area contributed by atoms with Crippen molar-refractivity contribution >= 4 is 11.8 Å². The molecule has 3 rings (SSSR count). The largest absolute Gasteiger partial charge is 0.481 e. The summed E-state index contributed by atoms with van der Waals surface area (Å²) < 4.78 is 45.6. The van der Waals surface area contributed by atoms with E-state index >= 15 is 0 Å². The maximum Gasteiger partial charge on any atom is 0.417 e. The molecule has 11 heteroatoms. The monoisotopic (exact) mass is 489 g/mol. The summed E-state index contributed by atoms with van der Waals surface area (Å²) in [5, 5.41) is 4.13. The lowest BCUT2D eigenvalue weighted by Crippen LogP contribution is -2.47. The quantitative estimate of drug-likeness (QED) is 0.505. The predicted octanol–water partition coefficient (Wildman–Crippen LogP) is 4.25. The van der Waals surface area contributed by atoms with E-state index in [4.69, 9.17) is 4.74 Å². The van der Waals surface area contributed by atoms with Gasteiger partial charge in [0.25, 0.3) is 11.8 Å². The molecule has 0 bridgehead atoms. The smallest absolute Gasteiger partial charge is 0.417 e. The van der Waals surface area contributed by atoms with Gasteiger partial charge in [0.05, 0.1) is 23.0 Å². The van der Waals surface area contributed by atoms with Gasteiger partial charge in [0.15, 0.2) is 11.9 Å². The highest BCUT2D eigenvalue weighted by Gasteiger charge is 2.31. The van der Waals surface area contributed by atoms with Gasteiger partial charge in [-0.1, -0.05) is 26.0 Å².